The van der Waals surface area contributed by atoms with Crippen LogP contribution < -0.4 is 9.64 Å². The fourth-order valence-electron chi connectivity index (χ4n) is 4.90. The van der Waals surface area contributed by atoms with Crippen LogP contribution in [0.3, 0.4) is 0 Å². The number of aryl methyl sites for hydroxylation is 1. The van der Waals surface area contributed by atoms with Crippen molar-refractivity contribution in [1.29, 1.82) is 0 Å². The van der Waals surface area contributed by atoms with Gasteiger partial charge in [0.1, 0.15) is 12.4 Å². The summed E-state index contributed by atoms with van der Waals surface area (Å²) in [7, 11) is 0. The fourth-order valence-corrected chi connectivity index (χ4v) is 6.72. The van der Waals surface area contributed by atoms with E-state index in [1.807, 2.05) is 73.7 Å². The van der Waals surface area contributed by atoms with Crippen LogP contribution in [0.25, 0.3) is 6.08 Å². The number of aromatic nitrogens is 2. The monoisotopic (exact) mass is 631 g/mol. The van der Waals surface area contributed by atoms with Gasteiger partial charge in [0.25, 0.3) is 5.91 Å². The largest absolute Gasteiger partial charge is 0.503 e. The second-order valence-corrected chi connectivity index (χ2v) is 12.6. The van der Waals surface area contributed by atoms with Gasteiger partial charge in [-0.3, -0.25) is 14.5 Å². The fraction of sp³-hybridized carbons (Fsp3) is 0.111. The van der Waals surface area contributed by atoms with Crippen molar-refractivity contribution >= 4 is 46.0 Å². The molecule has 0 aliphatic carbocycles. The molecule has 2 heterocycles. The summed E-state index contributed by atoms with van der Waals surface area (Å²) in [6, 6.07) is 33.7. The van der Waals surface area contributed by atoms with E-state index >= 15 is 0 Å². The van der Waals surface area contributed by atoms with Gasteiger partial charge in [0.2, 0.25) is 5.13 Å². The summed E-state index contributed by atoms with van der Waals surface area (Å²) in [6.45, 7) is 2.39. The average molecular weight is 632 g/mol. The van der Waals surface area contributed by atoms with E-state index in [0.717, 1.165) is 16.7 Å². The lowest BCUT2D eigenvalue weighted by Crippen LogP contribution is -2.30. The first-order valence-electron chi connectivity index (χ1n) is 14.3. The number of aliphatic hydroxyl groups excluding tert-OH is 1. The summed E-state index contributed by atoms with van der Waals surface area (Å²) < 4.78 is 6.73. The Balaban J connectivity index is 1.31. The number of carbonyl (C=O) groups excluding carboxylic acids is 2. The van der Waals surface area contributed by atoms with Gasteiger partial charge in [-0.2, -0.15) is 0 Å². The van der Waals surface area contributed by atoms with Crippen molar-refractivity contribution in [3.63, 3.8) is 0 Å². The molecule has 6 rings (SSSR count). The minimum Gasteiger partial charge on any atom is -0.503 e. The Bertz CT molecular complexity index is 1870. The Labute approximate surface area is 269 Å². The molecule has 0 fully saturated rings. The van der Waals surface area contributed by atoms with Gasteiger partial charge in [0.15, 0.2) is 15.9 Å². The molecule has 9 heteroatoms. The molecule has 0 saturated carbocycles. The average Bonchev–Trinajstić information content (AvgIpc) is 3.65. The standard InChI is InChI=1S/C36H29N3O4S2/c1-24-15-17-27(18-16-24)23-44-36-38-37-35(45-36)39-32(28-13-8-14-29(21-28)43-22-26-11-6-3-7-12-26)31(33(41)34(39)42)30(40)20-19-25-9-4-2-5-10-25/h2-21,32,41H,22-23H2,1H3/b20-19+. The Hall–Kier alpha value is -4.99. The number of aliphatic hydroxyl groups is 1. The SMILES string of the molecule is Cc1ccc(CSc2nnc(N3C(=O)C(O)=C(C(=O)/C=C/c4ccccc4)C3c3cccc(OCc4ccccc4)c3)s2)cc1. The second kappa shape index (κ2) is 13.8. The van der Waals surface area contributed by atoms with Crippen LogP contribution in [0.2, 0.25) is 0 Å². The Kier molecular flexibility index (Phi) is 9.19. The first kappa shape index (κ1) is 30.1. The highest BCUT2D eigenvalue weighted by Crippen LogP contribution is 2.44. The summed E-state index contributed by atoms with van der Waals surface area (Å²) >= 11 is 2.75. The Morgan fingerprint density at radius 1 is 0.933 bits per heavy atom. The zero-order chi connectivity index (χ0) is 31.2. The van der Waals surface area contributed by atoms with Crippen LogP contribution in [0.5, 0.6) is 5.75 Å². The highest BCUT2D eigenvalue weighted by atomic mass is 32.2. The second-order valence-electron chi connectivity index (χ2n) is 10.4. The lowest BCUT2D eigenvalue weighted by Gasteiger charge is -2.24. The zero-order valence-electron chi connectivity index (χ0n) is 24.4. The van der Waals surface area contributed by atoms with Crippen molar-refractivity contribution < 1.29 is 19.4 Å². The van der Waals surface area contributed by atoms with Gasteiger partial charge >= 0.3 is 0 Å². The topological polar surface area (TPSA) is 92.6 Å². The molecule has 1 aliphatic rings. The van der Waals surface area contributed by atoms with Gasteiger partial charge in [0.05, 0.1) is 11.6 Å². The third-order valence-electron chi connectivity index (χ3n) is 7.21. The highest BCUT2D eigenvalue weighted by Gasteiger charge is 2.45. The zero-order valence-corrected chi connectivity index (χ0v) is 26.0. The third-order valence-corrected chi connectivity index (χ3v) is 9.33. The molecule has 1 aromatic heterocycles. The number of nitrogens with zero attached hydrogens (tertiary/aromatic N) is 3. The molecule has 1 aliphatic heterocycles. The number of rotatable bonds is 11. The van der Waals surface area contributed by atoms with E-state index < -0.39 is 23.5 Å². The summed E-state index contributed by atoms with van der Waals surface area (Å²) in [5.74, 6) is -0.551. The minimum atomic E-state index is -0.936. The van der Waals surface area contributed by atoms with E-state index in [9.17, 15) is 14.7 Å². The Morgan fingerprint density at radius 2 is 1.67 bits per heavy atom. The molecule has 1 N–H and O–H groups in total. The van der Waals surface area contributed by atoms with Crippen molar-refractivity contribution in [2.24, 2.45) is 0 Å². The molecule has 0 spiro atoms. The van der Waals surface area contributed by atoms with Crippen molar-refractivity contribution in [3.8, 4) is 5.75 Å². The van der Waals surface area contributed by atoms with Crippen molar-refractivity contribution in [2.75, 3.05) is 4.90 Å². The van der Waals surface area contributed by atoms with Gasteiger partial charge in [-0.05, 0) is 47.4 Å². The molecule has 0 saturated heterocycles. The number of anilines is 1. The predicted octanol–water partition coefficient (Wildman–Crippen LogP) is 7.90. The molecule has 1 unspecified atom stereocenters. The van der Waals surface area contributed by atoms with E-state index in [1.165, 1.54) is 39.6 Å². The lowest BCUT2D eigenvalue weighted by molar-refractivity contribution is -0.117. The molecule has 4 aromatic carbocycles. The summed E-state index contributed by atoms with van der Waals surface area (Å²) in [5, 5.41) is 20.1. The molecule has 5 aromatic rings. The van der Waals surface area contributed by atoms with Crippen LogP contribution in [-0.2, 0) is 21.9 Å². The van der Waals surface area contributed by atoms with E-state index in [1.54, 1.807) is 24.3 Å². The van der Waals surface area contributed by atoms with Gasteiger partial charge in [0, 0.05) is 5.75 Å². The molecule has 0 bridgehead atoms. The third kappa shape index (κ3) is 7.06. The maximum atomic E-state index is 13.7. The van der Waals surface area contributed by atoms with E-state index in [-0.39, 0.29) is 10.7 Å². The number of amides is 1. The van der Waals surface area contributed by atoms with E-state index in [2.05, 4.69) is 34.5 Å². The maximum absolute atomic E-state index is 13.7. The van der Waals surface area contributed by atoms with Crippen LogP contribution in [0.15, 0.2) is 131 Å². The number of hydrogen-bond acceptors (Lipinski definition) is 8. The molecule has 7 nitrogen and oxygen atoms in total. The number of benzene rings is 4. The van der Waals surface area contributed by atoms with Crippen LogP contribution in [-0.4, -0.2) is 27.0 Å². The Morgan fingerprint density at radius 3 is 2.42 bits per heavy atom. The molecule has 1 atom stereocenters. The van der Waals surface area contributed by atoms with E-state index in [4.69, 9.17) is 4.74 Å². The number of hydrogen-bond donors (Lipinski definition) is 1. The van der Waals surface area contributed by atoms with Crippen LogP contribution in [0.1, 0.15) is 33.9 Å². The van der Waals surface area contributed by atoms with Crippen LogP contribution in [0.4, 0.5) is 5.13 Å². The summed E-state index contributed by atoms with van der Waals surface area (Å²) in [4.78, 5) is 28.7. The molecule has 0 radical (unpaired) electrons. The maximum Gasteiger partial charge on any atom is 0.296 e. The first-order chi connectivity index (χ1) is 22.0. The molecular formula is C36H29N3O4S2. The van der Waals surface area contributed by atoms with Gasteiger partial charge in [-0.1, -0.05) is 132 Å². The number of ketones is 1. The smallest absolute Gasteiger partial charge is 0.296 e. The number of ether oxygens (including phenoxy) is 1. The van der Waals surface area contributed by atoms with Gasteiger partial charge in [-0.15, -0.1) is 10.2 Å². The highest BCUT2D eigenvalue weighted by molar-refractivity contribution is 8.00. The molecular weight excluding hydrogens is 603 g/mol. The van der Waals surface area contributed by atoms with Gasteiger partial charge in [-0.25, -0.2) is 0 Å². The van der Waals surface area contributed by atoms with Crippen LogP contribution >= 0.6 is 23.1 Å². The van der Waals surface area contributed by atoms with Crippen molar-refractivity contribution in [1.82, 2.24) is 10.2 Å². The predicted molar refractivity (Wildman–Crippen MR) is 178 cm³/mol. The van der Waals surface area contributed by atoms with Crippen LogP contribution in [0, 0.1) is 6.92 Å². The normalized spacial score (nSPS) is 14.8. The van der Waals surface area contributed by atoms with Crippen molar-refractivity contribution in [3.05, 3.63) is 154 Å². The van der Waals surface area contributed by atoms with Crippen molar-refractivity contribution in [2.45, 2.75) is 29.7 Å². The quantitative estimate of drug-likeness (QED) is 0.0900. The number of allylic oxidation sites excluding steroid dienone is 1. The lowest BCUT2D eigenvalue weighted by atomic mass is 9.95. The summed E-state index contributed by atoms with van der Waals surface area (Å²) in [5.41, 5.74) is 4.72. The summed E-state index contributed by atoms with van der Waals surface area (Å²) in [6.07, 6.45) is 3.04. The molecule has 45 heavy (non-hydrogen) atoms. The number of carbonyl (C=O) groups is 2. The molecule has 1 amide bonds. The molecule has 224 valence electrons. The van der Waals surface area contributed by atoms with Gasteiger partial charge < -0.3 is 9.84 Å². The first-order valence-corrected chi connectivity index (χ1v) is 16.1. The van der Waals surface area contributed by atoms with E-state index in [0.29, 0.717) is 28.0 Å². The number of thioether (sulfide) groups is 1. The minimum absolute atomic E-state index is 0.0311.